The highest BCUT2D eigenvalue weighted by Crippen LogP contribution is 2.11. The monoisotopic (exact) mass is 415 g/mol. The van der Waals surface area contributed by atoms with Gasteiger partial charge >= 0.3 is 0 Å². The molecule has 1 N–H and O–H groups in total. The molecule has 0 unspecified atom stereocenters. The Morgan fingerprint density at radius 3 is 2.53 bits per heavy atom. The molecule has 2 amide bonds. The highest BCUT2D eigenvalue weighted by atomic mass is 19.1. The van der Waals surface area contributed by atoms with Gasteiger partial charge in [0.05, 0.1) is 5.56 Å². The van der Waals surface area contributed by atoms with Crippen LogP contribution in [0.15, 0.2) is 48.5 Å². The molecule has 0 aromatic heterocycles. The van der Waals surface area contributed by atoms with Gasteiger partial charge in [0.2, 0.25) is 5.91 Å². The largest absolute Gasteiger partial charge is 0.352 e. The number of hydrogen-bond donors (Lipinski definition) is 1. The lowest BCUT2D eigenvalue weighted by atomic mass is 10.2. The standard InChI is InChI=1S/C23H27F2N3O2/c24-19-9-10-20(21(25)16-19)23(30)26-11-4-8-22(29)28-13-5-12-27(14-15-28)17-18-6-2-1-3-7-18/h1-3,6-7,9-10,16H,4-5,8,11-15,17H2,(H,26,30). The van der Waals surface area contributed by atoms with Crippen molar-refractivity contribution in [1.82, 2.24) is 15.1 Å². The van der Waals surface area contributed by atoms with Crippen molar-refractivity contribution in [3.8, 4) is 0 Å². The molecule has 160 valence electrons. The molecule has 0 spiro atoms. The van der Waals surface area contributed by atoms with Crippen molar-refractivity contribution in [2.45, 2.75) is 25.8 Å². The Hall–Kier alpha value is -2.80. The average molecular weight is 415 g/mol. The van der Waals surface area contributed by atoms with Crippen molar-refractivity contribution < 1.29 is 18.4 Å². The number of amides is 2. The second-order valence-corrected chi connectivity index (χ2v) is 7.48. The summed E-state index contributed by atoms with van der Waals surface area (Å²) in [5.41, 5.74) is 1.07. The molecule has 1 heterocycles. The highest BCUT2D eigenvalue weighted by Gasteiger charge is 2.19. The van der Waals surface area contributed by atoms with Crippen LogP contribution in [0.2, 0.25) is 0 Å². The van der Waals surface area contributed by atoms with Gasteiger partial charge in [0, 0.05) is 51.8 Å². The van der Waals surface area contributed by atoms with Crippen molar-refractivity contribution >= 4 is 11.8 Å². The van der Waals surface area contributed by atoms with Gasteiger partial charge in [-0.05, 0) is 30.5 Å². The molecule has 1 fully saturated rings. The van der Waals surface area contributed by atoms with Crippen LogP contribution in [0.3, 0.4) is 0 Å². The SMILES string of the molecule is O=C(NCCCC(=O)N1CCCN(Cc2ccccc2)CC1)c1ccc(F)cc1F. The zero-order valence-electron chi connectivity index (χ0n) is 16.9. The van der Waals surface area contributed by atoms with E-state index in [9.17, 15) is 18.4 Å². The molecule has 2 aromatic carbocycles. The van der Waals surface area contributed by atoms with E-state index >= 15 is 0 Å². The Morgan fingerprint density at radius 2 is 1.77 bits per heavy atom. The number of benzene rings is 2. The number of rotatable bonds is 7. The first kappa shape index (κ1) is 21.9. The summed E-state index contributed by atoms with van der Waals surface area (Å²) in [6.07, 6.45) is 1.72. The number of carbonyl (C=O) groups is 2. The molecule has 0 atom stereocenters. The zero-order chi connectivity index (χ0) is 21.3. The predicted molar refractivity (Wildman–Crippen MR) is 111 cm³/mol. The molecule has 1 saturated heterocycles. The van der Waals surface area contributed by atoms with E-state index in [0.717, 1.165) is 44.7 Å². The zero-order valence-corrected chi connectivity index (χ0v) is 16.9. The van der Waals surface area contributed by atoms with Crippen LogP contribution in [0, 0.1) is 11.6 Å². The van der Waals surface area contributed by atoms with E-state index in [1.54, 1.807) is 0 Å². The third-order valence-electron chi connectivity index (χ3n) is 5.22. The van der Waals surface area contributed by atoms with Crippen LogP contribution in [0.4, 0.5) is 8.78 Å². The van der Waals surface area contributed by atoms with E-state index in [4.69, 9.17) is 0 Å². The summed E-state index contributed by atoms with van der Waals surface area (Å²) in [7, 11) is 0. The number of hydrogen-bond acceptors (Lipinski definition) is 3. The first-order chi connectivity index (χ1) is 14.5. The maximum Gasteiger partial charge on any atom is 0.254 e. The number of carbonyl (C=O) groups excluding carboxylic acids is 2. The van der Waals surface area contributed by atoms with E-state index in [1.807, 2.05) is 23.1 Å². The second-order valence-electron chi connectivity index (χ2n) is 7.48. The molecule has 3 rings (SSSR count). The molecule has 2 aromatic rings. The van der Waals surface area contributed by atoms with Crippen LogP contribution in [-0.4, -0.2) is 54.3 Å². The molecule has 0 aliphatic carbocycles. The molecule has 0 saturated carbocycles. The summed E-state index contributed by atoms with van der Waals surface area (Å²) in [6, 6.07) is 13.1. The second kappa shape index (κ2) is 10.8. The van der Waals surface area contributed by atoms with Gasteiger partial charge in [0.15, 0.2) is 0 Å². The minimum Gasteiger partial charge on any atom is -0.352 e. The van der Waals surface area contributed by atoms with Crippen LogP contribution in [-0.2, 0) is 11.3 Å². The summed E-state index contributed by atoms with van der Waals surface area (Å²) < 4.78 is 26.6. The van der Waals surface area contributed by atoms with Crippen molar-refractivity contribution in [3.05, 3.63) is 71.3 Å². The summed E-state index contributed by atoms with van der Waals surface area (Å²) in [5.74, 6) is -2.16. The Kier molecular flexibility index (Phi) is 7.90. The van der Waals surface area contributed by atoms with Crippen LogP contribution < -0.4 is 5.32 Å². The molecule has 30 heavy (non-hydrogen) atoms. The van der Waals surface area contributed by atoms with E-state index < -0.39 is 17.5 Å². The first-order valence-corrected chi connectivity index (χ1v) is 10.3. The van der Waals surface area contributed by atoms with Crippen LogP contribution in [0.25, 0.3) is 0 Å². The molecular formula is C23H27F2N3O2. The van der Waals surface area contributed by atoms with Gasteiger partial charge in [-0.3, -0.25) is 14.5 Å². The third-order valence-corrected chi connectivity index (χ3v) is 5.22. The molecular weight excluding hydrogens is 388 g/mol. The van der Waals surface area contributed by atoms with Gasteiger partial charge in [-0.25, -0.2) is 8.78 Å². The summed E-state index contributed by atoms with van der Waals surface area (Å²) >= 11 is 0. The quantitative estimate of drug-likeness (QED) is 0.707. The van der Waals surface area contributed by atoms with Crippen LogP contribution >= 0.6 is 0 Å². The lowest BCUT2D eigenvalue weighted by Gasteiger charge is -2.22. The fraction of sp³-hybridized carbons (Fsp3) is 0.391. The van der Waals surface area contributed by atoms with Crippen molar-refractivity contribution in [2.75, 3.05) is 32.7 Å². The molecule has 5 nitrogen and oxygen atoms in total. The number of nitrogens with one attached hydrogen (secondary N) is 1. The lowest BCUT2D eigenvalue weighted by Crippen LogP contribution is -2.35. The van der Waals surface area contributed by atoms with Crippen molar-refractivity contribution in [2.24, 2.45) is 0 Å². The van der Waals surface area contributed by atoms with Gasteiger partial charge in [-0.2, -0.15) is 0 Å². The molecule has 0 radical (unpaired) electrons. The topological polar surface area (TPSA) is 52.7 Å². The van der Waals surface area contributed by atoms with Gasteiger partial charge < -0.3 is 10.2 Å². The van der Waals surface area contributed by atoms with Gasteiger partial charge in [-0.15, -0.1) is 0 Å². The molecule has 1 aliphatic rings. The minimum absolute atomic E-state index is 0.0683. The summed E-state index contributed by atoms with van der Waals surface area (Å²) in [5, 5.41) is 2.58. The van der Waals surface area contributed by atoms with Gasteiger partial charge in [-0.1, -0.05) is 30.3 Å². The van der Waals surface area contributed by atoms with E-state index in [1.165, 1.54) is 5.56 Å². The normalized spacial score (nSPS) is 14.9. The Morgan fingerprint density at radius 1 is 0.967 bits per heavy atom. The van der Waals surface area contributed by atoms with Crippen molar-refractivity contribution in [1.29, 1.82) is 0 Å². The highest BCUT2D eigenvalue weighted by molar-refractivity contribution is 5.94. The maximum absolute atomic E-state index is 13.6. The van der Waals surface area contributed by atoms with E-state index in [-0.39, 0.29) is 18.0 Å². The Bertz CT molecular complexity index is 861. The molecule has 1 aliphatic heterocycles. The number of nitrogens with zero attached hydrogens (tertiary/aromatic N) is 2. The fourth-order valence-corrected chi connectivity index (χ4v) is 3.59. The number of halogens is 2. The Labute approximate surface area is 175 Å². The smallest absolute Gasteiger partial charge is 0.254 e. The van der Waals surface area contributed by atoms with E-state index in [2.05, 4.69) is 22.3 Å². The summed E-state index contributed by atoms with van der Waals surface area (Å²) in [6.45, 7) is 4.36. The Balaban J connectivity index is 1.38. The van der Waals surface area contributed by atoms with Crippen LogP contribution in [0.5, 0.6) is 0 Å². The first-order valence-electron chi connectivity index (χ1n) is 10.3. The lowest BCUT2D eigenvalue weighted by molar-refractivity contribution is -0.131. The molecule has 0 bridgehead atoms. The molecule has 7 heteroatoms. The average Bonchev–Trinajstić information content (AvgIpc) is 2.97. The maximum atomic E-state index is 13.6. The van der Waals surface area contributed by atoms with Gasteiger partial charge in [0.1, 0.15) is 11.6 Å². The minimum atomic E-state index is -0.895. The van der Waals surface area contributed by atoms with E-state index in [0.29, 0.717) is 25.5 Å². The third kappa shape index (κ3) is 6.35. The predicted octanol–water partition coefficient (Wildman–Crippen LogP) is 3.21. The van der Waals surface area contributed by atoms with Gasteiger partial charge in [0.25, 0.3) is 5.91 Å². The van der Waals surface area contributed by atoms with Crippen molar-refractivity contribution in [3.63, 3.8) is 0 Å². The van der Waals surface area contributed by atoms with Crippen LogP contribution in [0.1, 0.15) is 35.2 Å². The summed E-state index contributed by atoms with van der Waals surface area (Å²) in [4.78, 5) is 28.7. The fourth-order valence-electron chi connectivity index (χ4n) is 3.59.